The second kappa shape index (κ2) is 9.93. The molecule has 7 aromatic rings. The molecule has 0 spiro atoms. The molecular formula is C42H29F3. The lowest BCUT2D eigenvalue weighted by molar-refractivity contribution is -0.137. The van der Waals surface area contributed by atoms with Crippen LogP contribution in [0.4, 0.5) is 13.2 Å². The van der Waals surface area contributed by atoms with Crippen molar-refractivity contribution < 1.29 is 13.2 Å². The Morgan fingerprint density at radius 3 is 1.69 bits per heavy atom. The third kappa shape index (κ3) is 4.29. The quantitative estimate of drug-likeness (QED) is 0.180. The van der Waals surface area contributed by atoms with Gasteiger partial charge in [0.2, 0.25) is 0 Å². The van der Waals surface area contributed by atoms with Crippen LogP contribution in [-0.4, -0.2) is 0 Å². The minimum atomic E-state index is -4.39. The van der Waals surface area contributed by atoms with Crippen LogP contribution in [0.25, 0.3) is 66.1 Å². The summed E-state index contributed by atoms with van der Waals surface area (Å²) in [6.07, 6.45) is -4.39. The zero-order chi connectivity index (χ0) is 30.9. The maximum atomic E-state index is 13.5. The summed E-state index contributed by atoms with van der Waals surface area (Å²) in [7, 11) is 0. The Bertz CT molecular complexity index is 2260. The van der Waals surface area contributed by atoms with E-state index in [1.165, 1.54) is 34.4 Å². The first-order valence-electron chi connectivity index (χ1n) is 15.2. The molecule has 0 atom stereocenters. The topological polar surface area (TPSA) is 0 Å². The number of hydrogen-bond donors (Lipinski definition) is 0. The Morgan fingerprint density at radius 1 is 0.422 bits per heavy atom. The lowest BCUT2D eigenvalue weighted by Crippen LogP contribution is -2.14. The molecule has 0 fully saturated rings. The van der Waals surface area contributed by atoms with E-state index in [2.05, 4.69) is 98.8 Å². The van der Waals surface area contributed by atoms with E-state index in [0.29, 0.717) is 0 Å². The number of hydrogen-bond acceptors (Lipinski definition) is 0. The number of fused-ring (bicyclic) bond motifs is 5. The maximum absolute atomic E-state index is 13.5. The van der Waals surface area contributed by atoms with Gasteiger partial charge in [0, 0.05) is 5.41 Å². The molecule has 0 aliphatic heterocycles. The fourth-order valence-corrected chi connectivity index (χ4v) is 7.30. The van der Waals surface area contributed by atoms with Crippen LogP contribution in [0.5, 0.6) is 0 Å². The molecule has 8 rings (SSSR count). The van der Waals surface area contributed by atoms with Crippen LogP contribution in [0.15, 0.2) is 140 Å². The third-order valence-corrected chi connectivity index (χ3v) is 9.50. The molecule has 1 aliphatic carbocycles. The van der Waals surface area contributed by atoms with Crippen molar-refractivity contribution in [2.75, 3.05) is 0 Å². The number of benzene rings is 7. The summed E-state index contributed by atoms with van der Waals surface area (Å²) < 4.78 is 40.5. The molecule has 0 saturated heterocycles. The maximum Gasteiger partial charge on any atom is 0.416 e. The van der Waals surface area contributed by atoms with Gasteiger partial charge in [0.15, 0.2) is 0 Å². The summed E-state index contributed by atoms with van der Waals surface area (Å²) in [5, 5.41) is 4.15. The van der Waals surface area contributed by atoms with E-state index >= 15 is 0 Å². The van der Waals surface area contributed by atoms with E-state index in [0.717, 1.165) is 54.9 Å². The van der Waals surface area contributed by atoms with Crippen molar-refractivity contribution in [3.63, 3.8) is 0 Å². The Balaban J connectivity index is 1.45. The Morgan fingerprint density at radius 2 is 0.978 bits per heavy atom. The van der Waals surface area contributed by atoms with E-state index in [4.69, 9.17) is 0 Å². The Hall–Kier alpha value is -5.15. The molecule has 0 N–H and O–H groups in total. The predicted octanol–water partition coefficient (Wildman–Crippen LogP) is 12.3. The summed E-state index contributed by atoms with van der Waals surface area (Å²) in [5.74, 6) is 0. The highest BCUT2D eigenvalue weighted by Gasteiger charge is 2.35. The monoisotopic (exact) mass is 590 g/mol. The van der Waals surface area contributed by atoms with Gasteiger partial charge in [-0.3, -0.25) is 0 Å². The van der Waals surface area contributed by atoms with Crippen LogP contribution in [0, 0.1) is 0 Å². The zero-order valence-electron chi connectivity index (χ0n) is 24.9. The average Bonchev–Trinajstić information content (AvgIpc) is 3.29. The van der Waals surface area contributed by atoms with Crippen molar-refractivity contribution >= 4 is 21.5 Å². The van der Waals surface area contributed by atoms with Gasteiger partial charge < -0.3 is 0 Å². The van der Waals surface area contributed by atoms with E-state index in [1.807, 2.05) is 30.3 Å². The highest BCUT2D eigenvalue weighted by molar-refractivity contribution is 6.22. The Kier molecular flexibility index (Phi) is 6.05. The van der Waals surface area contributed by atoms with E-state index in [-0.39, 0.29) is 5.41 Å². The smallest absolute Gasteiger partial charge is 0.166 e. The molecule has 0 unspecified atom stereocenters. The molecule has 0 aromatic heterocycles. The summed E-state index contributed by atoms with van der Waals surface area (Å²) in [4.78, 5) is 0. The van der Waals surface area contributed by atoms with Crippen LogP contribution in [0.1, 0.15) is 30.5 Å². The van der Waals surface area contributed by atoms with Gasteiger partial charge in [0.1, 0.15) is 0 Å². The normalized spacial score (nSPS) is 13.6. The van der Waals surface area contributed by atoms with Crippen LogP contribution in [-0.2, 0) is 11.6 Å². The summed E-state index contributed by atoms with van der Waals surface area (Å²) in [6, 6.07) is 46.1. The van der Waals surface area contributed by atoms with E-state index < -0.39 is 11.7 Å². The fourth-order valence-electron chi connectivity index (χ4n) is 7.30. The van der Waals surface area contributed by atoms with Crippen LogP contribution >= 0.6 is 0 Å². The first-order valence-corrected chi connectivity index (χ1v) is 15.2. The van der Waals surface area contributed by atoms with Crippen LogP contribution in [0.3, 0.4) is 0 Å². The van der Waals surface area contributed by atoms with Crippen LogP contribution < -0.4 is 0 Å². The predicted molar refractivity (Wildman–Crippen MR) is 180 cm³/mol. The molecule has 45 heavy (non-hydrogen) atoms. The van der Waals surface area contributed by atoms with Gasteiger partial charge in [0.05, 0.1) is 5.56 Å². The SMILES string of the molecule is CC1(C)c2ccccc2-c2ccc(-c3c4ccccc4c(-c4ccc(C(F)(F)F)cc4)c4ccc(-c5ccccc5)cc34)cc21. The number of rotatable bonds is 3. The lowest BCUT2D eigenvalue weighted by atomic mass is 9.80. The van der Waals surface area contributed by atoms with Crippen molar-refractivity contribution in [3.05, 3.63) is 156 Å². The first-order chi connectivity index (χ1) is 21.7. The van der Waals surface area contributed by atoms with E-state index in [9.17, 15) is 13.2 Å². The molecule has 1 aliphatic rings. The highest BCUT2D eigenvalue weighted by Crippen LogP contribution is 2.51. The third-order valence-electron chi connectivity index (χ3n) is 9.50. The van der Waals surface area contributed by atoms with Gasteiger partial charge in [-0.05, 0) is 101 Å². The molecular weight excluding hydrogens is 561 g/mol. The van der Waals surface area contributed by atoms with E-state index in [1.54, 1.807) is 12.1 Å². The molecule has 0 heterocycles. The summed E-state index contributed by atoms with van der Waals surface area (Å²) in [6.45, 7) is 4.58. The second-order valence-electron chi connectivity index (χ2n) is 12.4. The second-order valence-corrected chi connectivity index (χ2v) is 12.4. The largest absolute Gasteiger partial charge is 0.416 e. The van der Waals surface area contributed by atoms with Gasteiger partial charge in [-0.2, -0.15) is 13.2 Å². The van der Waals surface area contributed by atoms with Crippen LogP contribution in [0.2, 0.25) is 0 Å². The van der Waals surface area contributed by atoms with Gasteiger partial charge in [0.25, 0.3) is 0 Å². The molecule has 0 radical (unpaired) electrons. The summed E-state index contributed by atoms with van der Waals surface area (Å²) >= 11 is 0. The van der Waals surface area contributed by atoms with Crippen molar-refractivity contribution in [2.24, 2.45) is 0 Å². The zero-order valence-corrected chi connectivity index (χ0v) is 24.9. The minimum absolute atomic E-state index is 0.150. The number of halogens is 3. The molecule has 3 heteroatoms. The first kappa shape index (κ1) is 27.4. The molecule has 7 aromatic carbocycles. The minimum Gasteiger partial charge on any atom is -0.166 e. The molecule has 218 valence electrons. The standard InChI is InChI=1S/C42H29F3/c1-41(2)37-15-9-8-12-31(37)32-22-19-29(25-38(32)41)40-34-14-7-6-13-33(34)39(27-16-20-30(21-17-27)42(43,44)45)35-23-18-28(24-36(35)40)26-10-4-3-5-11-26/h3-25H,1-2H3. The Labute approximate surface area is 260 Å². The van der Waals surface area contributed by atoms with Gasteiger partial charge >= 0.3 is 6.18 Å². The number of alkyl halides is 3. The van der Waals surface area contributed by atoms with Crippen molar-refractivity contribution in [1.29, 1.82) is 0 Å². The molecule has 0 saturated carbocycles. The lowest BCUT2D eigenvalue weighted by Gasteiger charge is -2.23. The van der Waals surface area contributed by atoms with Crippen molar-refractivity contribution in [1.82, 2.24) is 0 Å². The van der Waals surface area contributed by atoms with Crippen molar-refractivity contribution in [2.45, 2.75) is 25.4 Å². The summed E-state index contributed by atoms with van der Waals surface area (Å²) in [5.41, 5.74) is 10.5. The van der Waals surface area contributed by atoms with Gasteiger partial charge in [-0.1, -0.05) is 129 Å². The van der Waals surface area contributed by atoms with Gasteiger partial charge in [-0.15, -0.1) is 0 Å². The fraction of sp³-hybridized carbons (Fsp3) is 0.0952. The van der Waals surface area contributed by atoms with Gasteiger partial charge in [-0.25, -0.2) is 0 Å². The highest BCUT2D eigenvalue weighted by atomic mass is 19.4. The van der Waals surface area contributed by atoms with Crippen molar-refractivity contribution in [3.8, 4) is 44.5 Å². The molecule has 0 amide bonds. The molecule has 0 nitrogen and oxygen atoms in total. The average molecular weight is 591 g/mol. The molecule has 0 bridgehead atoms.